The van der Waals surface area contributed by atoms with Gasteiger partial charge in [0.05, 0.1) is 25.0 Å². The van der Waals surface area contributed by atoms with E-state index in [0.29, 0.717) is 12.2 Å². The topological polar surface area (TPSA) is 73.5 Å². The van der Waals surface area contributed by atoms with Crippen LogP contribution in [0.2, 0.25) is 0 Å². The van der Waals surface area contributed by atoms with E-state index in [2.05, 4.69) is 15.4 Å². The highest BCUT2D eigenvalue weighted by molar-refractivity contribution is 7.15. The van der Waals surface area contributed by atoms with E-state index in [9.17, 15) is 4.79 Å². The van der Waals surface area contributed by atoms with Gasteiger partial charge in [0.15, 0.2) is 10.7 Å². The lowest BCUT2D eigenvalue weighted by Gasteiger charge is -2.03. The number of carbonyl (C=O) groups excluding carboxylic acids is 1. The molecule has 3 aromatic heterocycles. The van der Waals surface area contributed by atoms with Gasteiger partial charge in [0.1, 0.15) is 5.75 Å². The van der Waals surface area contributed by atoms with E-state index in [1.54, 1.807) is 35.4 Å². The first-order chi connectivity index (χ1) is 12.2. The quantitative estimate of drug-likeness (QED) is 0.598. The van der Waals surface area contributed by atoms with Crippen molar-refractivity contribution in [3.8, 4) is 11.4 Å². The summed E-state index contributed by atoms with van der Waals surface area (Å²) in [7, 11) is 1.62. The lowest BCUT2D eigenvalue weighted by atomic mass is 10.3. The Morgan fingerprint density at radius 1 is 1.24 bits per heavy atom. The van der Waals surface area contributed by atoms with Gasteiger partial charge in [-0.05, 0) is 30.3 Å². The maximum Gasteiger partial charge on any atom is 0.272 e. The second kappa shape index (κ2) is 6.40. The number of amides is 1. The molecule has 0 spiro atoms. The normalized spacial score (nSPS) is 10.9. The van der Waals surface area contributed by atoms with Gasteiger partial charge >= 0.3 is 0 Å². The van der Waals surface area contributed by atoms with Crippen LogP contribution in [0.4, 0.5) is 0 Å². The first kappa shape index (κ1) is 15.4. The second-order valence-electron chi connectivity index (χ2n) is 5.35. The summed E-state index contributed by atoms with van der Waals surface area (Å²) in [6.45, 7) is 0.364. The van der Waals surface area contributed by atoms with Crippen molar-refractivity contribution in [2.75, 3.05) is 7.11 Å². The maximum absolute atomic E-state index is 12.3. The number of carbonyl (C=O) groups is 1. The molecule has 1 N–H and O–H groups in total. The molecule has 4 rings (SSSR count). The molecule has 4 aromatic rings. The average Bonchev–Trinajstić information content (AvgIpc) is 3.35. The third-order valence-corrected chi connectivity index (χ3v) is 4.50. The summed E-state index contributed by atoms with van der Waals surface area (Å²) < 4.78 is 8.73. The zero-order valence-electron chi connectivity index (χ0n) is 13.4. The highest BCUT2D eigenvalue weighted by Crippen LogP contribution is 2.15. The number of aromatic nitrogens is 4. The predicted molar refractivity (Wildman–Crippen MR) is 94.4 cm³/mol. The smallest absolute Gasteiger partial charge is 0.272 e. The Balaban J connectivity index is 1.43. The molecule has 0 saturated carbocycles. The van der Waals surface area contributed by atoms with Gasteiger partial charge in [-0.15, -0.1) is 11.3 Å². The molecule has 0 fully saturated rings. The molecule has 7 nitrogen and oxygen atoms in total. The van der Waals surface area contributed by atoms with Gasteiger partial charge in [0.2, 0.25) is 0 Å². The van der Waals surface area contributed by atoms with Crippen molar-refractivity contribution < 1.29 is 9.53 Å². The summed E-state index contributed by atoms with van der Waals surface area (Å²) in [5, 5.41) is 9.13. The number of thiazole rings is 1. The Kier molecular flexibility index (Phi) is 3.95. The zero-order chi connectivity index (χ0) is 17.2. The molecule has 0 unspecified atom stereocenters. The van der Waals surface area contributed by atoms with Gasteiger partial charge in [-0.25, -0.2) is 9.67 Å². The van der Waals surface area contributed by atoms with Gasteiger partial charge < -0.3 is 10.1 Å². The molecule has 0 aliphatic carbocycles. The molecule has 0 radical (unpaired) electrons. The van der Waals surface area contributed by atoms with Crippen LogP contribution in [0.5, 0.6) is 5.75 Å². The summed E-state index contributed by atoms with van der Waals surface area (Å²) in [6.07, 6.45) is 5.60. The van der Waals surface area contributed by atoms with Crippen LogP contribution in [-0.4, -0.2) is 32.2 Å². The number of nitrogens with zero attached hydrogens (tertiary/aromatic N) is 4. The molecule has 8 heteroatoms. The monoisotopic (exact) mass is 353 g/mol. The van der Waals surface area contributed by atoms with E-state index in [-0.39, 0.29) is 5.91 Å². The molecule has 1 amide bonds. The molecule has 25 heavy (non-hydrogen) atoms. The van der Waals surface area contributed by atoms with E-state index in [1.807, 2.05) is 46.4 Å². The Hall–Kier alpha value is -3.13. The highest BCUT2D eigenvalue weighted by atomic mass is 32.1. The molecule has 0 atom stereocenters. The maximum atomic E-state index is 12.3. The van der Waals surface area contributed by atoms with Gasteiger partial charge in [-0.2, -0.15) is 5.10 Å². The van der Waals surface area contributed by atoms with Crippen LogP contribution in [0.25, 0.3) is 10.6 Å². The minimum absolute atomic E-state index is 0.233. The summed E-state index contributed by atoms with van der Waals surface area (Å²) in [4.78, 5) is 17.6. The fourth-order valence-electron chi connectivity index (χ4n) is 2.45. The van der Waals surface area contributed by atoms with Crippen molar-refractivity contribution in [2.24, 2.45) is 0 Å². The van der Waals surface area contributed by atoms with Crippen LogP contribution in [-0.2, 0) is 6.54 Å². The second-order valence-corrected chi connectivity index (χ2v) is 6.22. The molecule has 3 heterocycles. The third kappa shape index (κ3) is 3.11. The van der Waals surface area contributed by atoms with E-state index in [4.69, 9.17) is 4.74 Å². The predicted octanol–water partition coefficient (Wildman–Crippen LogP) is 2.52. The first-order valence-corrected chi connectivity index (χ1v) is 8.50. The number of imidazole rings is 1. The van der Waals surface area contributed by atoms with Crippen molar-refractivity contribution in [3.05, 3.63) is 65.7 Å². The van der Waals surface area contributed by atoms with E-state index in [1.165, 1.54) is 0 Å². The molecule has 1 aromatic carbocycles. The molecule has 0 saturated heterocycles. The highest BCUT2D eigenvalue weighted by Gasteiger charge is 2.11. The number of methoxy groups -OCH3 is 1. The lowest BCUT2D eigenvalue weighted by molar-refractivity contribution is 0.0945. The number of hydrogen-bond acceptors (Lipinski definition) is 5. The van der Waals surface area contributed by atoms with Gasteiger partial charge in [-0.1, -0.05) is 0 Å². The van der Waals surface area contributed by atoms with E-state index >= 15 is 0 Å². The minimum Gasteiger partial charge on any atom is -0.497 e. The average molecular weight is 353 g/mol. The summed E-state index contributed by atoms with van der Waals surface area (Å²) >= 11 is 1.56. The number of nitrogens with one attached hydrogen (secondary N) is 1. The number of fused-ring (bicyclic) bond motifs is 1. The van der Waals surface area contributed by atoms with Gasteiger partial charge in [-0.3, -0.25) is 9.20 Å². The van der Waals surface area contributed by atoms with Crippen LogP contribution in [0.15, 0.2) is 54.3 Å². The summed E-state index contributed by atoms with van der Waals surface area (Å²) in [5.74, 6) is 0.539. The number of ether oxygens (including phenoxy) is 1. The fourth-order valence-corrected chi connectivity index (χ4v) is 3.17. The summed E-state index contributed by atoms with van der Waals surface area (Å²) in [6, 6.07) is 9.14. The number of rotatable bonds is 5. The minimum atomic E-state index is -0.233. The summed E-state index contributed by atoms with van der Waals surface area (Å²) in [5.41, 5.74) is 2.03. The Morgan fingerprint density at radius 2 is 2.08 bits per heavy atom. The van der Waals surface area contributed by atoms with Crippen molar-refractivity contribution in [1.29, 1.82) is 0 Å². The van der Waals surface area contributed by atoms with Crippen LogP contribution in [0.3, 0.4) is 0 Å². The van der Waals surface area contributed by atoms with Crippen LogP contribution in [0, 0.1) is 0 Å². The zero-order valence-corrected chi connectivity index (χ0v) is 14.2. The first-order valence-electron chi connectivity index (χ1n) is 7.62. The Bertz CT molecular complexity index is 987. The fraction of sp³-hybridized carbons (Fsp3) is 0.118. The van der Waals surface area contributed by atoms with Crippen molar-refractivity contribution in [3.63, 3.8) is 0 Å². The van der Waals surface area contributed by atoms with Crippen LogP contribution in [0.1, 0.15) is 16.2 Å². The van der Waals surface area contributed by atoms with E-state index < -0.39 is 0 Å². The molecular formula is C17H15N5O2S. The van der Waals surface area contributed by atoms with Crippen LogP contribution >= 0.6 is 11.3 Å². The molecule has 0 bridgehead atoms. The lowest BCUT2D eigenvalue weighted by Crippen LogP contribution is -2.23. The van der Waals surface area contributed by atoms with Crippen LogP contribution < -0.4 is 10.1 Å². The van der Waals surface area contributed by atoms with E-state index in [0.717, 1.165) is 22.1 Å². The molecule has 0 aliphatic heterocycles. The molecule has 126 valence electrons. The van der Waals surface area contributed by atoms with Crippen molar-refractivity contribution in [2.45, 2.75) is 6.54 Å². The van der Waals surface area contributed by atoms with Gasteiger partial charge in [0.25, 0.3) is 5.91 Å². The largest absolute Gasteiger partial charge is 0.497 e. The Morgan fingerprint density at radius 3 is 2.84 bits per heavy atom. The Labute approximate surface area is 147 Å². The molecule has 0 aliphatic rings. The van der Waals surface area contributed by atoms with Gasteiger partial charge in [0, 0.05) is 24.0 Å². The van der Waals surface area contributed by atoms with Crippen molar-refractivity contribution >= 4 is 22.2 Å². The number of hydrogen-bond donors (Lipinski definition) is 1. The standard InChI is InChI=1S/C17H15N5O2S/c1-24-14-4-2-13(3-5-14)22-7-6-15(20-22)16(23)18-10-12-11-21-8-9-25-17(21)19-12/h2-9,11H,10H2,1H3,(H,18,23). The number of benzene rings is 1. The van der Waals surface area contributed by atoms with Crippen molar-refractivity contribution in [1.82, 2.24) is 24.5 Å². The third-order valence-electron chi connectivity index (χ3n) is 3.73. The SMILES string of the molecule is COc1ccc(-n2ccc(C(=O)NCc3cn4ccsc4n3)n2)cc1. The molecular weight excluding hydrogens is 338 g/mol.